The quantitative estimate of drug-likeness (QED) is 0.616. The fourth-order valence-corrected chi connectivity index (χ4v) is 3.15. The van der Waals surface area contributed by atoms with Crippen LogP contribution in [0, 0.1) is 13.8 Å². The number of aryl methyl sites for hydroxylation is 2. The Morgan fingerprint density at radius 2 is 1.86 bits per heavy atom. The van der Waals surface area contributed by atoms with Gasteiger partial charge in [-0.05, 0) is 37.6 Å². The zero-order valence-corrected chi connectivity index (χ0v) is 17.4. The largest absolute Gasteiger partial charge is 0.489 e. The molecule has 2 N–H and O–H groups in total. The lowest BCUT2D eigenvalue weighted by Crippen LogP contribution is -3.04. The van der Waals surface area contributed by atoms with Crippen molar-refractivity contribution in [3.05, 3.63) is 82.2 Å². The molecule has 0 aliphatic carbocycles. The Hall–Kier alpha value is -3.12. The van der Waals surface area contributed by atoms with Crippen LogP contribution in [0.15, 0.2) is 53.1 Å². The van der Waals surface area contributed by atoms with Gasteiger partial charge in [-0.3, -0.25) is 4.79 Å². The lowest BCUT2D eigenvalue weighted by atomic mass is 10.1. The van der Waals surface area contributed by atoms with Crippen molar-refractivity contribution in [2.24, 2.45) is 0 Å². The number of carbonyl (C=O) groups excluding carboxylic acids is 1. The molecule has 6 heteroatoms. The summed E-state index contributed by atoms with van der Waals surface area (Å²) >= 11 is 0. The van der Waals surface area contributed by atoms with E-state index in [1.165, 1.54) is 10.5 Å². The predicted octanol–water partition coefficient (Wildman–Crippen LogP) is 2.44. The number of rotatable bonds is 8. The highest BCUT2D eigenvalue weighted by molar-refractivity contribution is 5.94. The molecular formula is C23H28N3O3+. The molecule has 0 spiro atoms. The van der Waals surface area contributed by atoms with Crippen LogP contribution >= 0.6 is 0 Å². The van der Waals surface area contributed by atoms with Crippen molar-refractivity contribution in [2.75, 3.05) is 14.1 Å². The van der Waals surface area contributed by atoms with E-state index in [1.54, 1.807) is 12.1 Å². The summed E-state index contributed by atoms with van der Waals surface area (Å²) in [5.74, 6) is 1.25. The Bertz CT molecular complexity index is 960. The molecule has 152 valence electrons. The number of hydrogen-bond acceptors (Lipinski definition) is 4. The summed E-state index contributed by atoms with van der Waals surface area (Å²) in [6.45, 7) is 5.50. The van der Waals surface area contributed by atoms with Gasteiger partial charge in [0.25, 0.3) is 5.91 Å². The van der Waals surface area contributed by atoms with E-state index in [9.17, 15) is 4.79 Å². The third-order valence-electron chi connectivity index (χ3n) is 4.76. The molecule has 3 rings (SSSR count). The number of nitrogens with zero attached hydrogens (tertiary/aromatic N) is 1. The van der Waals surface area contributed by atoms with Crippen LogP contribution in [-0.4, -0.2) is 25.2 Å². The summed E-state index contributed by atoms with van der Waals surface area (Å²) in [6.07, 6.45) is 0. The minimum atomic E-state index is -0.125. The molecule has 0 aliphatic rings. The first-order chi connectivity index (χ1) is 13.9. The number of ether oxygens (including phenoxy) is 1. The molecule has 0 unspecified atom stereocenters. The number of carbonyl (C=O) groups is 1. The Morgan fingerprint density at radius 3 is 2.55 bits per heavy atom. The molecule has 0 saturated heterocycles. The number of nitrogens with one attached hydrogen (secondary N) is 2. The second-order valence-corrected chi connectivity index (χ2v) is 7.45. The summed E-state index contributed by atoms with van der Waals surface area (Å²) in [6, 6.07) is 15.4. The van der Waals surface area contributed by atoms with E-state index < -0.39 is 0 Å². The maximum atomic E-state index is 12.6. The Labute approximate surface area is 171 Å². The molecule has 2 aromatic carbocycles. The molecule has 1 aromatic heterocycles. The van der Waals surface area contributed by atoms with E-state index in [2.05, 4.69) is 36.7 Å². The van der Waals surface area contributed by atoms with Gasteiger partial charge in [-0.15, -0.1) is 0 Å². The Kier molecular flexibility index (Phi) is 6.67. The highest BCUT2D eigenvalue weighted by atomic mass is 16.5. The smallest absolute Gasteiger partial charge is 0.251 e. The van der Waals surface area contributed by atoms with Crippen LogP contribution in [0.2, 0.25) is 0 Å². The van der Waals surface area contributed by atoms with Crippen LogP contribution in [0.3, 0.4) is 0 Å². The molecule has 6 nitrogen and oxygen atoms in total. The average Bonchev–Trinajstić information content (AvgIpc) is 3.03. The van der Waals surface area contributed by atoms with Crippen molar-refractivity contribution in [1.29, 1.82) is 0 Å². The number of quaternary nitrogens is 1. The van der Waals surface area contributed by atoms with Gasteiger partial charge in [0, 0.05) is 17.7 Å². The van der Waals surface area contributed by atoms with Crippen molar-refractivity contribution in [3.8, 4) is 5.75 Å². The zero-order chi connectivity index (χ0) is 20.8. The molecule has 1 amide bonds. The minimum absolute atomic E-state index is 0.125. The lowest BCUT2D eigenvalue weighted by Gasteiger charge is -2.13. The molecular weight excluding hydrogens is 366 g/mol. The maximum Gasteiger partial charge on any atom is 0.251 e. The van der Waals surface area contributed by atoms with Gasteiger partial charge in [-0.25, -0.2) is 0 Å². The van der Waals surface area contributed by atoms with Crippen molar-refractivity contribution >= 4 is 5.91 Å². The number of hydrogen-bond donors (Lipinski definition) is 2. The van der Waals surface area contributed by atoms with Gasteiger partial charge in [0.1, 0.15) is 24.7 Å². The van der Waals surface area contributed by atoms with E-state index in [-0.39, 0.29) is 5.91 Å². The van der Waals surface area contributed by atoms with E-state index >= 15 is 0 Å². The molecule has 29 heavy (non-hydrogen) atoms. The second-order valence-electron chi connectivity index (χ2n) is 7.45. The third-order valence-corrected chi connectivity index (χ3v) is 4.76. The Morgan fingerprint density at radius 1 is 1.10 bits per heavy atom. The van der Waals surface area contributed by atoms with E-state index in [4.69, 9.17) is 9.26 Å². The van der Waals surface area contributed by atoms with Crippen molar-refractivity contribution in [2.45, 2.75) is 33.5 Å². The number of benzene rings is 2. The van der Waals surface area contributed by atoms with Crippen molar-refractivity contribution in [1.82, 2.24) is 10.5 Å². The molecule has 0 atom stereocenters. The van der Waals surface area contributed by atoms with Gasteiger partial charge in [0.15, 0.2) is 0 Å². The monoisotopic (exact) mass is 394 g/mol. The highest BCUT2D eigenvalue weighted by Gasteiger charge is 2.12. The van der Waals surface area contributed by atoms with Crippen LogP contribution in [0.4, 0.5) is 0 Å². The van der Waals surface area contributed by atoms with E-state index in [1.807, 2.05) is 38.1 Å². The maximum absolute atomic E-state index is 12.6. The molecule has 1 heterocycles. The van der Waals surface area contributed by atoms with Gasteiger partial charge in [-0.2, -0.15) is 0 Å². The first kappa shape index (κ1) is 20.6. The van der Waals surface area contributed by atoms with Crippen LogP contribution in [0.1, 0.15) is 38.5 Å². The summed E-state index contributed by atoms with van der Waals surface area (Å²) in [5, 5.41) is 6.95. The summed E-state index contributed by atoms with van der Waals surface area (Å²) < 4.78 is 11.0. The topological polar surface area (TPSA) is 68.8 Å². The van der Waals surface area contributed by atoms with E-state index in [0.29, 0.717) is 24.5 Å². The molecule has 0 radical (unpaired) electrons. The molecule has 3 aromatic rings. The second kappa shape index (κ2) is 9.39. The van der Waals surface area contributed by atoms with Crippen LogP contribution in [0.5, 0.6) is 5.75 Å². The highest BCUT2D eigenvalue weighted by Crippen LogP contribution is 2.18. The predicted molar refractivity (Wildman–Crippen MR) is 111 cm³/mol. The molecule has 0 saturated carbocycles. The lowest BCUT2D eigenvalue weighted by molar-refractivity contribution is -0.872. The van der Waals surface area contributed by atoms with Crippen molar-refractivity contribution < 1.29 is 19.0 Å². The van der Waals surface area contributed by atoms with Gasteiger partial charge >= 0.3 is 0 Å². The average molecular weight is 394 g/mol. The van der Waals surface area contributed by atoms with Crippen LogP contribution in [0.25, 0.3) is 0 Å². The Balaban J connectivity index is 1.63. The van der Waals surface area contributed by atoms with Crippen LogP contribution in [-0.2, 0) is 19.7 Å². The molecule has 0 fully saturated rings. The summed E-state index contributed by atoms with van der Waals surface area (Å²) in [5.41, 5.74) is 4.68. The standard InChI is InChI=1S/C23H27N3O3/c1-16-22(17(2)29-25-16)15-28-21-11-7-10-18(12-21)23(27)24-13-19-8-5-6-9-20(19)14-26(3)4/h5-12H,13-15H2,1-4H3,(H,24,27)/p+1. The summed E-state index contributed by atoms with van der Waals surface area (Å²) in [4.78, 5) is 14.0. The minimum Gasteiger partial charge on any atom is -0.489 e. The fourth-order valence-electron chi connectivity index (χ4n) is 3.15. The summed E-state index contributed by atoms with van der Waals surface area (Å²) in [7, 11) is 4.23. The van der Waals surface area contributed by atoms with Crippen molar-refractivity contribution in [3.63, 3.8) is 0 Å². The van der Waals surface area contributed by atoms with Gasteiger partial charge in [-0.1, -0.05) is 35.5 Å². The normalized spacial score (nSPS) is 10.9. The molecule has 0 aliphatic heterocycles. The fraction of sp³-hybridized carbons (Fsp3) is 0.304. The SMILES string of the molecule is Cc1noc(C)c1COc1cccc(C(=O)NCc2ccccc2C[NH+](C)C)c1. The molecule has 0 bridgehead atoms. The van der Waals surface area contributed by atoms with Gasteiger partial charge in [0.05, 0.1) is 25.4 Å². The first-order valence-electron chi connectivity index (χ1n) is 9.72. The van der Waals surface area contributed by atoms with Gasteiger partial charge in [0.2, 0.25) is 0 Å². The zero-order valence-electron chi connectivity index (χ0n) is 17.4. The number of amides is 1. The third kappa shape index (κ3) is 5.45. The number of aromatic nitrogens is 1. The van der Waals surface area contributed by atoms with Gasteiger partial charge < -0.3 is 19.5 Å². The van der Waals surface area contributed by atoms with Crippen LogP contribution < -0.4 is 15.0 Å². The first-order valence-corrected chi connectivity index (χ1v) is 9.72. The van der Waals surface area contributed by atoms with E-state index in [0.717, 1.165) is 29.1 Å².